The van der Waals surface area contributed by atoms with Crippen molar-refractivity contribution in [2.75, 3.05) is 0 Å². The molecular weight excluding hydrogens is 474 g/mol. The van der Waals surface area contributed by atoms with Crippen molar-refractivity contribution in [1.82, 2.24) is 15.5 Å². The minimum Gasteiger partial charge on any atom is -0.353 e. The third-order valence-electron chi connectivity index (χ3n) is 12.7. The van der Waals surface area contributed by atoms with E-state index >= 15 is 0 Å². The third-order valence-corrected chi connectivity index (χ3v) is 12.7. The third kappa shape index (κ3) is 4.50. The van der Waals surface area contributed by atoms with Gasteiger partial charge in [-0.15, -0.1) is 0 Å². The minimum absolute atomic E-state index is 0.0165. The molecule has 6 rings (SSSR count). The van der Waals surface area contributed by atoms with Gasteiger partial charge in [0.25, 0.3) is 0 Å². The molecule has 5 aliphatic carbocycles. The molecule has 6 nitrogen and oxygen atoms in total. The summed E-state index contributed by atoms with van der Waals surface area (Å²) in [6.07, 6.45) is 19.3. The van der Waals surface area contributed by atoms with Crippen LogP contribution < -0.4 is 10.6 Å². The van der Waals surface area contributed by atoms with Gasteiger partial charge < -0.3 is 10.6 Å². The topological polar surface area (TPSA) is 78.5 Å². The Morgan fingerprint density at radius 2 is 1.47 bits per heavy atom. The van der Waals surface area contributed by atoms with E-state index in [2.05, 4.69) is 24.5 Å². The molecule has 0 aromatic rings. The highest BCUT2D eigenvalue weighted by Crippen LogP contribution is 2.65. The van der Waals surface area contributed by atoms with Gasteiger partial charge in [-0.25, -0.2) is 4.79 Å². The summed E-state index contributed by atoms with van der Waals surface area (Å²) in [5.41, 5.74) is 0.172. The number of imide groups is 1. The van der Waals surface area contributed by atoms with E-state index in [1.807, 2.05) is 0 Å². The summed E-state index contributed by atoms with van der Waals surface area (Å²) < 4.78 is 0. The second kappa shape index (κ2) is 10.4. The van der Waals surface area contributed by atoms with E-state index in [4.69, 9.17) is 0 Å². The van der Waals surface area contributed by atoms with Crippen LogP contribution in [0.2, 0.25) is 0 Å². The van der Waals surface area contributed by atoms with Crippen molar-refractivity contribution in [3.63, 3.8) is 0 Å². The number of hydrogen-bond acceptors (Lipinski definition) is 3. The Kier molecular flexibility index (Phi) is 7.31. The number of nitrogens with one attached hydrogen (secondary N) is 2. The molecule has 6 heteroatoms. The average Bonchev–Trinajstić information content (AvgIpc) is 3.27. The summed E-state index contributed by atoms with van der Waals surface area (Å²) in [6.45, 7) is 4.84. The lowest BCUT2D eigenvalue weighted by atomic mass is 9.47. The monoisotopic (exact) mass is 525 g/mol. The van der Waals surface area contributed by atoms with Crippen LogP contribution in [-0.4, -0.2) is 40.9 Å². The number of nitrogens with zero attached hydrogens (tertiary/aromatic N) is 1. The summed E-state index contributed by atoms with van der Waals surface area (Å²) in [4.78, 5) is 42.2. The number of carbonyl (C=O) groups is 3. The molecule has 1 heterocycles. The first kappa shape index (κ1) is 26.6. The van der Waals surface area contributed by atoms with Crippen molar-refractivity contribution in [2.45, 2.75) is 148 Å². The normalized spacial score (nSPS) is 41.8. The number of rotatable bonds is 3. The molecule has 1 saturated heterocycles. The number of piperidine rings is 1. The van der Waals surface area contributed by atoms with Gasteiger partial charge in [-0.2, -0.15) is 0 Å². The first-order valence-electron chi connectivity index (χ1n) is 16.2. The molecule has 0 aromatic carbocycles. The van der Waals surface area contributed by atoms with Crippen LogP contribution in [0.4, 0.5) is 4.79 Å². The Hall–Kier alpha value is -1.59. The van der Waals surface area contributed by atoms with Gasteiger partial charge in [-0.1, -0.05) is 52.4 Å². The number of urea groups is 1. The molecule has 5 saturated carbocycles. The van der Waals surface area contributed by atoms with Crippen molar-refractivity contribution >= 4 is 17.8 Å². The molecule has 7 atom stereocenters. The van der Waals surface area contributed by atoms with Crippen molar-refractivity contribution in [3.8, 4) is 0 Å². The standard InChI is InChI=1S/C32H51N3O3/c1-31-19-17-25-23(13-16-27-32(25,2)20-18-28(36)34-27)24(31)14-15-26(31)29(37)35(22-11-7-4-8-12-22)30(38)33-21-9-5-3-6-10-21/h21-27H,3-20H2,1-2H3,(H,33,38)(H,34,36)/t23-,24-,25-,26+,27+,31-,32+/m0/s1. The number of fused-ring (bicyclic) bond motifs is 5. The average molecular weight is 526 g/mol. The zero-order chi connectivity index (χ0) is 26.5. The fraction of sp³-hybridized carbons (Fsp3) is 0.906. The van der Waals surface area contributed by atoms with Gasteiger partial charge in [-0.05, 0) is 99.2 Å². The van der Waals surface area contributed by atoms with Crippen LogP contribution in [-0.2, 0) is 9.59 Å². The lowest BCUT2D eigenvalue weighted by molar-refractivity contribution is -0.147. The summed E-state index contributed by atoms with van der Waals surface area (Å²) in [7, 11) is 0. The second-order valence-electron chi connectivity index (χ2n) is 14.5. The molecule has 38 heavy (non-hydrogen) atoms. The Bertz CT molecular complexity index is 925. The lowest BCUT2D eigenvalue weighted by Crippen LogP contribution is -2.61. The van der Waals surface area contributed by atoms with Crippen LogP contribution in [0.25, 0.3) is 0 Å². The summed E-state index contributed by atoms with van der Waals surface area (Å²) in [5.74, 6) is 2.16. The summed E-state index contributed by atoms with van der Waals surface area (Å²) in [6, 6.07) is 0.516. The Morgan fingerprint density at radius 3 is 2.21 bits per heavy atom. The molecule has 212 valence electrons. The summed E-state index contributed by atoms with van der Waals surface area (Å²) in [5, 5.41) is 6.66. The predicted octanol–water partition coefficient (Wildman–Crippen LogP) is 6.33. The Labute approximate surface area is 229 Å². The van der Waals surface area contributed by atoms with Crippen molar-refractivity contribution in [3.05, 3.63) is 0 Å². The van der Waals surface area contributed by atoms with Crippen LogP contribution in [0.1, 0.15) is 129 Å². The van der Waals surface area contributed by atoms with Crippen LogP contribution in [0.5, 0.6) is 0 Å². The summed E-state index contributed by atoms with van der Waals surface area (Å²) >= 11 is 0. The van der Waals surface area contributed by atoms with E-state index in [-0.39, 0.29) is 46.7 Å². The number of hydrogen-bond donors (Lipinski definition) is 2. The van der Waals surface area contributed by atoms with Crippen LogP contribution in [0, 0.1) is 34.5 Å². The predicted molar refractivity (Wildman–Crippen MR) is 148 cm³/mol. The van der Waals surface area contributed by atoms with E-state index in [0.717, 1.165) is 77.0 Å². The highest BCUT2D eigenvalue weighted by atomic mass is 16.2. The van der Waals surface area contributed by atoms with Gasteiger partial charge in [0.1, 0.15) is 0 Å². The van der Waals surface area contributed by atoms with Crippen LogP contribution >= 0.6 is 0 Å². The maximum Gasteiger partial charge on any atom is 0.324 e. The Morgan fingerprint density at radius 1 is 0.789 bits per heavy atom. The molecular formula is C32H51N3O3. The quantitative estimate of drug-likeness (QED) is 0.452. The van der Waals surface area contributed by atoms with Crippen LogP contribution in [0.15, 0.2) is 0 Å². The smallest absolute Gasteiger partial charge is 0.324 e. The molecule has 0 unspecified atom stereocenters. The van der Waals surface area contributed by atoms with Gasteiger partial charge in [0.05, 0.1) is 0 Å². The van der Waals surface area contributed by atoms with Crippen molar-refractivity contribution in [1.29, 1.82) is 0 Å². The molecule has 0 radical (unpaired) electrons. The first-order valence-corrected chi connectivity index (χ1v) is 16.2. The zero-order valence-corrected chi connectivity index (χ0v) is 23.9. The number of carbonyl (C=O) groups excluding carboxylic acids is 3. The fourth-order valence-corrected chi connectivity index (χ4v) is 10.6. The largest absolute Gasteiger partial charge is 0.353 e. The molecule has 6 aliphatic rings. The maximum absolute atomic E-state index is 14.5. The molecule has 4 amide bonds. The first-order chi connectivity index (χ1) is 18.3. The fourth-order valence-electron chi connectivity index (χ4n) is 10.6. The highest BCUT2D eigenvalue weighted by molar-refractivity contribution is 5.96. The molecule has 0 aromatic heterocycles. The van der Waals surface area contributed by atoms with E-state index in [9.17, 15) is 14.4 Å². The highest BCUT2D eigenvalue weighted by Gasteiger charge is 2.62. The lowest BCUT2D eigenvalue weighted by Gasteiger charge is -2.60. The van der Waals surface area contributed by atoms with Gasteiger partial charge in [0.2, 0.25) is 11.8 Å². The molecule has 0 spiro atoms. The van der Waals surface area contributed by atoms with Gasteiger partial charge >= 0.3 is 6.03 Å². The molecule has 6 fully saturated rings. The van der Waals surface area contributed by atoms with Crippen molar-refractivity contribution in [2.24, 2.45) is 34.5 Å². The van der Waals surface area contributed by atoms with Gasteiger partial charge in [0.15, 0.2) is 0 Å². The number of amides is 4. The van der Waals surface area contributed by atoms with E-state index in [1.165, 1.54) is 32.1 Å². The minimum atomic E-state index is -0.0968. The van der Waals surface area contributed by atoms with E-state index in [1.54, 1.807) is 4.90 Å². The molecule has 0 bridgehead atoms. The molecule has 2 N–H and O–H groups in total. The zero-order valence-electron chi connectivity index (χ0n) is 23.9. The Balaban J connectivity index is 1.21. The van der Waals surface area contributed by atoms with Crippen LogP contribution in [0.3, 0.4) is 0 Å². The maximum atomic E-state index is 14.5. The van der Waals surface area contributed by atoms with Gasteiger partial charge in [-0.3, -0.25) is 14.5 Å². The molecule has 1 aliphatic heterocycles. The van der Waals surface area contributed by atoms with Gasteiger partial charge in [0, 0.05) is 30.5 Å². The van der Waals surface area contributed by atoms with E-state index in [0.29, 0.717) is 30.2 Å². The van der Waals surface area contributed by atoms with E-state index < -0.39 is 0 Å². The van der Waals surface area contributed by atoms with Crippen molar-refractivity contribution < 1.29 is 14.4 Å². The second-order valence-corrected chi connectivity index (χ2v) is 14.5. The SMILES string of the molecule is C[C@]12CCC(=O)N[C@@H]1CC[C@@H]1[C@@H]2CC[C@]2(C)[C@@H](C(=O)N(C(=O)NC3CCCCC3)C3CCCCC3)CC[C@@H]12.